The Morgan fingerprint density at radius 1 is 1.50 bits per heavy atom. The van der Waals surface area contributed by atoms with E-state index in [1.54, 1.807) is 18.5 Å². The second-order valence-electron chi connectivity index (χ2n) is 3.95. The van der Waals surface area contributed by atoms with Gasteiger partial charge in [0.2, 0.25) is 0 Å². The van der Waals surface area contributed by atoms with Gasteiger partial charge in [-0.1, -0.05) is 17.4 Å². The molecule has 7 nitrogen and oxygen atoms in total. The summed E-state index contributed by atoms with van der Waals surface area (Å²) in [5, 5.41) is 22.6. The lowest BCUT2D eigenvalue weighted by Gasteiger charge is -2.12. The van der Waals surface area contributed by atoms with Crippen LogP contribution in [-0.2, 0) is 11.3 Å². The molecule has 2 aromatic heterocycles. The molecule has 0 bridgehead atoms. The summed E-state index contributed by atoms with van der Waals surface area (Å²) in [6.07, 6.45) is 3.25. The molecule has 0 aliphatic heterocycles. The predicted octanol–water partition coefficient (Wildman–Crippen LogP) is 1.97. The summed E-state index contributed by atoms with van der Waals surface area (Å²) in [4.78, 5) is 25.7. The first-order valence-electron chi connectivity index (χ1n) is 5.67. The fraction of sp³-hybridized carbons (Fsp3) is 0.167. The summed E-state index contributed by atoms with van der Waals surface area (Å²) >= 11 is 0.855. The first-order chi connectivity index (χ1) is 9.58. The molecule has 0 saturated carbocycles. The maximum absolute atomic E-state index is 11.3. The number of nitrogens with zero attached hydrogens (tertiary/aromatic N) is 2. The maximum Gasteiger partial charge on any atom is 0.326 e. The Balaban J connectivity index is 2.10. The number of rotatable bonds is 6. The summed E-state index contributed by atoms with van der Waals surface area (Å²) in [6.45, 7) is 0.316. The van der Waals surface area contributed by atoms with Crippen LogP contribution in [0.5, 0.6) is 0 Å². The Morgan fingerprint density at radius 2 is 2.30 bits per heavy atom. The van der Waals surface area contributed by atoms with Gasteiger partial charge in [-0.25, -0.2) is 0 Å². The van der Waals surface area contributed by atoms with Crippen LogP contribution in [0.25, 0.3) is 0 Å². The standard InChI is InChI=1S/C12H11N3O4S/c16-12(17)11(9-3-4-10(20-9)15(18)19)14-7-8-2-1-5-13-6-8/h1-6,11,14H,7H2,(H,16,17). The molecule has 2 rings (SSSR count). The number of carboxylic acid groups (broad SMARTS) is 1. The summed E-state index contributed by atoms with van der Waals surface area (Å²) < 4.78 is 0. The minimum atomic E-state index is -1.08. The molecule has 0 aliphatic rings. The van der Waals surface area contributed by atoms with Gasteiger partial charge >= 0.3 is 11.0 Å². The average molecular weight is 293 g/mol. The van der Waals surface area contributed by atoms with Gasteiger partial charge < -0.3 is 5.11 Å². The maximum atomic E-state index is 11.3. The molecule has 0 spiro atoms. The number of thiophene rings is 1. The highest BCUT2D eigenvalue weighted by molar-refractivity contribution is 7.15. The number of nitro groups is 1. The minimum absolute atomic E-state index is 0.0746. The average Bonchev–Trinajstić information content (AvgIpc) is 2.89. The molecule has 2 aromatic rings. The summed E-state index contributed by atoms with van der Waals surface area (Å²) in [7, 11) is 0. The normalized spacial score (nSPS) is 12.0. The second-order valence-corrected chi connectivity index (χ2v) is 5.04. The SMILES string of the molecule is O=C(O)C(NCc1cccnc1)c1ccc([N+](=O)[O-])s1. The Morgan fingerprint density at radius 3 is 2.85 bits per heavy atom. The van der Waals surface area contributed by atoms with Gasteiger partial charge in [0, 0.05) is 29.9 Å². The van der Waals surface area contributed by atoms with E-state index in [0.29, 0.717) is 11.4 Å². The van der Waals surface area contributed by atoms with Crippen molar-refractivity contribution in [1.82, 2.24) is 10.3 Å². The lowest BCUT2D eigenvalue weighted by Crippen LogP contribution is -2.27. The Labute approximate surface area is 118 Å². The number of carbonyl (C=O) groups is 1. The van der Waals surface area contributed by atoms with Crippen molar-refractivity contribution in [2.24, 2.45) is 0 Å². The Hall–Kier alpha value is -2.32. The molecule has 2 heterocycles. The van der Waals surface area contributed by atoms with Gasteiger partial charge in [-0.05, 0) is 17.7 Å². The van der Waals surface area contributed by atoms with Crippen molar-refractivity contribution in [1.29, 1.82) is 0 Å². The highest BCUT2D eigenvalue weighted by atomic mass is 32.1. The summed E-state index contributed by atoms with van der Waals surface area (Å²) in [5.74, 6) is -1.08. The van der Waals surface area contributed by atoms with Crippen LogP contribution in [0.15, 0.2) is 36.7 Å². The zero-order valence-electron chi connectivity index (χ0n) is 10.2. The fourth-order valence-electron chi connectivity index (χ4n) is 1.63. The smallest absolute Gasteiger partial charge is 0.326 e. The van der Waals surface area contributed by atoms with Crippen molar-refractivity contribution in [3.05, 3.63) is 57.2 Å². The third-order valence-electron chi connectivity index (χ3n) is 2.56. The van der Waals surface area contributed by atoms with Crippen molar-refractivity contribution >= 4 is 22.3 Å². The lowest BCUT2D eigenvalue weighted by atomic mass is 10.2. The number of hydrogen-bond acceptors (Lipinski definition) is 6. The topological polar surface area (TPSA) is 105 Å². The highest BCUT2D eigenvalue weighted by Gasteiger charge is 2.23. The summed E-state index contributed by atoms with van der Waals surface area (Å²) in [5.41, 5.74) is 0.838. The van der Waals surface area contributed by atoms with Crippen molar-refractivity contribution in [2.75, 3.05) is 0 Å². The monoisotopic (exact) mass is 293 g/mol. The van der Waals surface area contributed by atoms with E-state index in [4.69, 9.17) is 0 Å². The number of aromatic nitrogens is 1. The van der Waals surface area contributed by atoms with E-state index in [1.165, 1.54) is 12.1 Å². The van der Waals surface area contributed by atoms with E-state index in [2.05, 4.69) is 10.3 Å². The van der Waals surface area contributed by atoms with Gasteiger partial charge in [0.05, 0.1) is 4.92 Å². The van der Waals surface area contributed by atoms with Crippen molar-refractivity contribution in [3.63, 3.8) is 0 Å². The first-order valence-corrected chi connectivity index (χ1v) is 6.49. The number of carboxylic acids is 1. The lowest BCUT2D eigenvalue weighted by molar-refractivity contribution is -0.380. The van der Waals surface area contributed by atoms with Gasteiger partial charge in [0.1, 0.15) is 6.04 Å². The van der Waals surface area contributed by atoms with Crippen LogP contribution in [0.2, 0.25) is 0 Å². The molecule has 2 N–H and O–H groups in total. The first kappa shape index (κ1) is 14.1. The number of aliphatic carboxylic acids is 1. The van der Waals surface area contributed by atoms with Gasteiger partial charge in [0.15, 0.2) is 0 Å². The summed E-state index contributed by atoms with van der Waals surface area (Å²) in [6, 6.07) is 5.35. The molecular weight excluding hydrogens is 282 g/mol. The van der Waals surface area contributed by atoms with E-state index >= 15 is 0 Å². The highest BCUT2D eigenvalue weighted by Crippen LogP contribution is 2.29. The van der Waals surface area contributed by atoms with Gasteiger partial charge in [-0.15, -0.1) is 0 Å². The Bertz CT molecular complexity index is 614. The largest absolute Gasteiger partial charge is 0.480 e. The van der Waals surface area contributed by atoms with Crippen molar-refractivity contribution in [3.8, 4) is 0 Å². The molecule has 0 aromatic carbocycles. The zero-order valence-corrected chi connectivity index (χ0v) is 11.0. The minimum Gasteiger partial charge on any atom is -0.480 e. The van der Waals surface area contributed by atoms with Crippen LogP contribution in [-0.4, -0.2) is 21.0 Å². The molecule has 0 fully saturated rings. The van der Waals surface area contributed by atoms with Crippen LogP contribution in [0, 0.1) is 10.1 Å². The molecule has 0 aliphatic carbocycles. The molecule has 0 saturated heterocycles. The number of pyridine rings is 1. The van der Waals surface area contributed by atoms with Gasteiger partial charge in [-0.3, -0.25) is 25.2 Å². The third-order valence-corrected chi connectivity index (χ3v) is 3.66. The van der Waals surface area contributed by atoms with Crippen molar-refractivity contribution < 1.29 is 14.8 Å². The Kier molecular flexibility index (Phi) is 4.38. The van der Waals surface area contributed by atoms with Crippen molar-refractivity contribution in [2.45, 2.75) is 12.6 Å². The zero-order chi connectivity index (χ0) is 14.5. The number of hydrogen-bond donors (Lipinski definition) is 2. The molecule has 1 atom stereocenters. The van der Waals surface area contributed by atoms with Crippen LogP contribution in [0.4, 0.5) is 5.00 Å². The molecule has 1 unspecified atom stereocenters. The fourth-order valence-corrected chi connectivity index (χ4v) is 2.52. The van der Waals surface area contributed by atoms with Crippen LogP contribution in [0.3, 0.4) is 0 Å². The molecule has 104 valence electrons. The quantitative estimate of drug-likeness (QED) is 0.623. The third kappa shape index (κ3) is 3.37. The van der Waals surface area contributed by atoms with Gasteiger partial charge in [0.25, 0.3) is 0 Å². The molecular formula is C12H11N3O4S. The van der Waals surface area contributed by atoms with E-state index in [0.717, 1.165) is 16.9 Å². The second kappa shape index (κ2) is 6.22. The van der Waals surface area contributed by atoms with Crippen LogP contribution >= 0.6 is 11.3 Å². The predicted molar refractivity (Wildman–Crippen MR) is 72.4 cm³/mol. The van der Waals surface area contributed by atoms with E-state index in [-0.39, 0.29) is 5.00 Å². The van der Waals surface area contributed by atoms with E-state index in [9.17, 15) is 20.0 Å². The molecule has 20 heavy (non-hydrogen) atoms. The van der Waals surface area contributed by atoms with Crippen LogP contribution < -0.4 is 5.32 Å². The number of nitrogens with one attached hydrogen (secondary N) is 1. The van der Waals surface area contributed by atoms with Gasteiger partial charge in [-0.2, -0.15) is 0 Å². The molecule has 0 amide bonds. The van der Waals surface area contributed by atoms with E-state index in [1.807, 2.05) is 6.07 Å². The molecule has 8 heteroatoms. The van der Waals surface area contributed by atoms with Crippen LogP contribution in [0.1, 0.15) is 16.5 Å². The molecule has 0 radical (unpaired) electrons. The van der Waals surface area contributed by atoms with E-state index < -0.39 is 16.9 Å².